The minimum absolute atomic E-state index is 0.0191. The molecule has 7 aromatic carbocycles. The molecule has 59 heavy (non-hydrogen) atoms. The molecule has 0 saturated heterocycles. The number of rotatable bonds is 0. The highest BCUT2D eigenvalue weighted by Crippen LogP contribution is 2.55. The second-order valence-corrected chi connectivity index (χ2v) is 22.9. The number of hydrogen-bond donors (Lipinski definition) is 0. The summed E-state index contributed by atoms with van der Waals surface area (Å²) in [6.07, 6.45) is 0. The zero-order chi connectivity index (χ0) is 40.9. The summed E-state index contributed by atoms with van der Waals surface area (Å²) in [6, 6.07) is 44.0. The van der Waals surface area contributed by atoms with Gasteiger partial charge in [0.05, 0.1) is 0 Å². The first kappa shape index (κ1) is 36.0. The molecular formula is C55H51B2NS. The number of hydrogen-bond acceptors (Lipinski definition) is 2. The van der Waals surface area contributed by atoms with Crippen molar-refractivity contribution in [2.75, 3.05) is 4.81 Å². The highest BCUT2D eigenvalue weighted by atomic mass is 32.2. The van der Waals surface area contributed by atoms with Crippen molar-refractivity contribution in [1.82, 2.24) is 0 Å². The van der Waals surface area contributed by atoms with E-state index < -0.39 is 0 Å². The minimum Gasteiger partial charge on any atom is -0.377 e. The fourth-order valence-corrected chi connectivity index (χ4v) is 12.6. The first-order valence-electron chi connectivity index (χ1n) is 21.7. The van der Waals surface area contributed by atoms with Crippen LogP contribution in [0.1, 0.15) is 104 Å². The Morgan fingerprint density at radius 1 is 0.492 bits per heavy atom. The van der Waals surface area contributed by atoms with Gasteiger partial charge in [0.15, 0.2) is 0 Å². The van der Waals surface area contributed by atoms with E-state index in [1.54, 1.807) is 0 Å². The molecule has 0 aromatic heterocycles. The average molecular weight is 780 g/mol. The third kappa shape index (κ3) is 4.68. The van der Waals surface area contributed by atoms with E-state index in [1.807, 2.05) is 11.8 Å². The SMILES string of the molecule is CC(C)(C)c1ccc2c(c1)B1c3cc(C(C)(C)C)cc4c3N3B(c5cc6c(cc5-4)C(C)(C)c4ccc5ccccc5c4-6)c4cc(C(C)(C)C)ccc4-c4ccc(c1c43)S2. The molecule has 0 atom stereocenters. The van der Waals surface area contributed by atoms with E-state index in [9.17, 15) is 0 Å². The first-order valence-corrected chi connectivity index (χ1v) is 22.6. The molecule has 1 nitrogen and oxygen atoms in total. The lowest BCUT2D eigenvalue weighted by Crippen LogP contribution is -2.69. The van der Waals surface area contributed by atoms with Crippen LogP contribution in [0.5, 0.6) is 0 Å². The van der Waals surface area contributed by atoms with E-state index in [0.717, 1.165) is 0 Å². The quantitative estimate of drug-likeness (QED) is 0.141. The third-order valence-electron chi connectivity index (χ3n) is 14.8. The van der Waals surface area contributed by atoms with Gasteiger partial charge < -0.3 is 4.81 Å². The van der Waals surface area contributed by atoms with Crippen molar-refractivity contribution in [3.05, 3.63) is 137 Å². The van der Waals surface area contributed by atoms with Crippen molar-refractivity contribution in [3.8, 4) is 33.4 Å². The Labute approximate surface area is 355 Å². The highest BCUT2D eigenvalue weighted by Gasteiger charge is 2.52. The molecule has 4 heteroatoms. The Balaban J connectivity index is 1.25. The maximum absolute atomic E-state index is 2.84. The molecule has 12 rings (SSSR count). The van der Waals surface area contributed by atoms with Crippen LogP contribution in [-0.4, -0.2) is 13.6 Å². The smallest absolute Gasteiger partial charge is 0.329 e. The summed E-state index contributed by atoms with van der Waals surface area (Å²) < 4.78 is 0. The van der Waals surface area contributed by atoms with Gasteiger partial charge in [-0.3, -0.25) is 0 Å². The van der Waals surface area contributed by atoms with E-state index in [4.69, 9.17) is 0 Å². The average Bonchev–Trinajstić information content (AvgIpc) is 3.42. The van der Waals surface area contributed by atoms with Gasteiger partial charge in [-0.2, -0.15) is 0 Å². The van der Waals surface area contributed by atoms with Crippen LogP contribution in [0.4, 0.5) is 11.4 Å². The Bertz CT molecular complexity index is 3080. The predicted octanol–water partition coefficient (Wildman–Crippen LogP) is 11.2. The lowest BCUT2D eigenvalue weighted by Gasteiger charge is -2.51. The largest absolute Gasteiger partial charge is 0.377 e. The van der Waals surface area contributed by atoms with E-state index >= 15 is 0 Å². The van der Waals surface area contributed by atoms with Crippen molar-refractivity contribution in [2.24, 2.45) is 0 Å². The molecule has 0 radical (unpaired) electrons. The van der Waals surface area contributed by atoms with Gasteiger partial charge in [0.25, 0.3) is 0 Å². The summed E-state index contributed by atoms with van der Waals surface area (Å²) in [6.45, 7) is 26.4. The molecule has 4 aliphatic heterocycles. The summed E-state index contributed by atoms with van der Waals surface area (Å²) in [5.74, 6) is 0. The van der Waals surface area contributed by atoms with Gasteiger partial charge in [0.1, 0.15) is 0 Å². The van der Waals surface area contributed by atoms with Crippen molar-refractivity contribution in [1.29, 1.82) is 0 Å². The van der Waals surface area contributed by atoms with Crippen LogP contribution < -0.4 is 32.1 Å². The molecule has 0 fully saturated rings. The standard InChI is InChI=1S/C55H51B2NS/c1-52(2,3)31-17-19-35-36-20-23-47-49-51(36)58-50-38(24-33(54(7,8)9)27-45(50)56(49)44-26-32(53(4,5)6)18-22-46(44)59-47)37-28-41-39(29-43(37)57(58)42(35)25-31)48-34-15-13-12-14-30(34)16-21-40(48)55(41,10)11/h12-29H,1-11H3. The Morgan fingerprint density at radius 3 is 1.88 bits per heavy atom. The van der Waals surface area contributed by atoms with Crippen LogP contribution >= 0.6 is 11.8 Å². The molecule has 288 valence electrons. The fourth-order valence-electron chi connectivity index (χ4n) is 11.5. The summed E-state index contributed by atoms with van der Waals surface area (Å²) in [7, 11) is 0. The van der Waals surface area contributed by atoms with Gasteiger partial charge in [0, 0.05) is 37.7 Å². The van der Waals surface area contributed by atoms with E-state index in [1.165, 1.54) is 120 Å². The molecule has 5 aliphatic rings. The van der Waals surface area contributed by atoms with Crippen LogP contribution in [0, 0.1) is 0 Å². The normalized spacial score (nSPS) is 16.0. The maximum Gasteiger partial charge on any atom is 0.329 e. The molecule has 0 amide bonds. The van der Waals surface area contributed by atoms with Gasteiger partial charge in [-0.15, -0.1) is 0 Å². The van der Waals surface area contributed by atoms with E-state index in [2.05, 4.69) is 190 Å². The van der Waals surface area contributed by atoms with Crippen LogP contribution in [-0.2, 0) is 21.7 Å². The van der Waals surface area contributed by atoms with Crippen molar-refractivity contribution < 1.29 is 0 Å². The van der Waals surface area contributed by atoms with E-state index in [-0.39, 0.29) is 35.2 Å². The molecule has 0 spiro atoms. The number of nitrogens with zero attached hydrogens (tertiary/aromatic N) is 1. The molecule has 1 aliphatic carbocycles. The summed E-state index contributed by atoms with van der Waals surface area (Å²) >= 11 is 1.98. The molecule has 0 unspecified atom stereocenters. The molecule has 7 aromatic rings. The zero-order valence-corrected chi connectivity index (χ0v) is 37.2. The summed E-state index contributed by atoms with van der Waals surface area (Å²) in [5.41, 5.74) is 25.5. The highest BCUT2D eigenvalue weighted by molar-refractivity contribution is 8.00. The fraction of sp³-hybridized carbons (Fsp3) is 0.273. The zero-order valence-electron chi connectivity index (χ0n) is 36.4. The van der Waals surface area contributed by atoms with Crippen molar-refractivity contribution in [3.63, 3.8) is 0 Å². The third-order valence-corrected chi connectivity index (χ3v) is 15.9. The molecule has 0 saturated carbocycles. The van der Waals surface area contributed by atoms with Crippen molar-refractivity contribution in [2.45, 2.75) is 108 Å². The Morgan fingerprint density at radius 2 is 1.14 bits per heavy atom. The molecular weight excluding hydrogens is 728 g/mol. The van der Waals surface area contributed by atoms with Crippen LogP contribution in [0.15, 0.2) is 119 Å². The van der Waals surface area contributed by atoms with Crippen molar-refractivity contribution >= 4 is 74.8 Å². The maximum atomic E-state index is 2.84. The lowest BCUT2D eigenvalue weighted by molar-refractivity contribution is 0.590. The predicted molar refractivity (Wildman–Crippen MR) is 257 cm³/mol. The van der Waals surface area contributed by atoms with Gasteiger partial charge in [-0.25, -0.2) is 0 Å². The van der Waals surface area contributed by atoms with Crippen LogP contribution in [0.2, 0.25) is 0 Å². The van der Waals surface area contributed by atoms with Gasteiger partial charge >= 0.3 is 6.85 Å². The second-order valence-electron chi connectivity index (χ2n) is 21.8. The molecule has 4 heterocycles. The Hall–Kier alpha value is -4.92. The topological polar surface area (TPSA) is 3.24 Å². The molecule has 0 N–H and O–H groups in total. The van der Waals surface area contributed by atoms with Crippen LogP contribution in [0.3, 0.4) is 0 Å². The number of fused-ring (bicyclic) bond motifs is 14. The van der Waals surface area contributed by atoms with Crippen LogP contribution in [0.25, 0.3) is 44.2 Å². The van der Waals surface area contributed by atoms with Gasteiger partial charge in [-0.1, -0.05) is 184 Å². The van der Waals surface area contributed by atoms with E-state index in [0.29, 0.717) is 0 Å². The Kier molecular flexibility index (Phi) is 6.87. The number of benzene rings is 7. The van der Waals surface area contributed by atoms with Gasteiger partial charge in [0.2, 0.25) is 6.71 Å². The summed E-state index contributed by atoms with van der Waals surface area (Å²) in [5, 5.41) is 2.67. The number of anilines is 2. The minimum atomic E-state index is -0.135. The molecule has 0 bridgehead atoms. The first-order chi connectivity index (χ1) is 27.9. The van der Waals surface area contributed by atoms with Gasteiger partial charge in [-0.05, 0) is 117 Å². The monoisotopic (exact) mass is 779 g/mol. The second kappa shape index (κ2) is 11.3. The summed E-state index contributed by atoms with van der Waals surface area (Å²) in [4.78, 5) is 5.63. The lowest BCUT2D eigenvalue weighted by atomic mass is 9.31.